The zero-order chi connectivity index (χ0) is 18.1. The Morgan fingerprint density at radius 1 is 1.31 bits per heavy atom. The van der Waals surface area contributed by atoms with Gasteiger partial charge in [-0.2, -0.15) is 0 Å². The molecule has 7 heteroatoms. The molecule has 3 N–H and O–H groups in total. The monoisotopic (exact) mass is 353 g/mol. The van der Waals surface area contributed by atoms with Crippen molar-refractivity contribution in [3.05, 3.63) is 59.7 Å². The van der Waals surface area contributed by atoms with Gasteiger partial charge in [0.15, 0.2) is 0 Å². The van der Waals surface area contributed by atoms with Crippen LogP contribution in [0.25, 0.3) is 16.6 Å². The highest BCUT2D eigenvalue weighted by Gasteiger charge is 2.16. The second-order valence-corrected chi connectivity index (χ2v) is 6.01. The van der Waals surface area contributed by atoms with Crippen molar-refractivity contribution in [2.24, 2.45) is 0 Å². The number of benzene rings is 1. The summed E-state index contributed by atoms with van der Waals surface area (Å²) in [5.74, 6) is -1.06. The summed E-state index contributed by atoms with van der Waals surface area (Å²) < 4.78 is 19.5. The highest BCUT2D eigenvalue weighted by Crippen LogP contribution is 2.31. The first-order valence-corrected chi connectivity index (χ1v) is 8.20. The third kappa shape index (κ3) is 3.04. The Labute approximate surface area is 148 Å². The van der Waals surface area contributed by atoms with Gasteiger partial charge in [0.2, 0.25) is 0 Å². The van der Waals surface area contributed by atoms with Gasteiger partial charge in [-0.25, -0.2) is 14.2 Å². The summed E-state index contributed by atoms with van der Waals surface area (Å²) in [4.78, 5) is 18.3. The number of aromatic nitrogens is 2. The number of hydrogen-bond acceptors (Lipinski definition) is 4. The van der Waals surface area contributed by atoms with E-state index < -0.39 is 11.8 Å². The number of pyridine rings is 1. The molecule has 0 fully saturated rings. The summed E-state index contributed by atoms with van der Waals surface area (Å²) in [7, 11) is 0. The van der Waals surface area contributed by atoms with Gasteiger partial charge in [-0.3, -0.25) is 0 Å². The van der Waals surface area contributed by atoms with Crippen LogP contribution in [-0.4, -0.2) is 34.1 Å². The van der Waals surface area contributed by atoms with Crippen molar-refractivity contribution in [3.63, 3.8) is 0 Å². The third-order valence-corrected chi connectivity index (χ3v) is 4.33. The molecule has 3 aromatic rings. The Morgan fingerprint density at radius 3 is 2.96 bits per heavy atom. The largest absolute Gasteiger partial charge is 0.478 e. The quantitative estimate of drug-likeness (QED) is 0.667. The summed E-state index contributed by atoms with van der Waals surface area (Å²) in [6.07, 6.45) is 5.58. The molecule has 0 saturated carbocycles. The molecule has 3 heterocycles. The standard InChI is InChI=1S/C19H16FN3O3/c20-16-10-23-18-15(16)8-13(9-22-18)26-17-7-12(1-2-14(17)19(24)25)11-3-5-21-6-4-11/h1-3,7-10,21H,4-6H2,(H,22,23)(H,24,25). The van der Waals surface area contributed by atoms with E-state index in [0.29, 0.717) is 5.65 Å². The van der Waals surface area contributed by atoms with Crippen LogP contribution in [-0.2, 0) is 0 Å². The molecule has 4 rings (SSSR count). The van der Waals surface area contributed by atoms with Crippen molar-refractivity contribution in [1.82, 2.24) is 15.3 Å². The molecule has 26 heavy (non-hydrogen) atoms. The van der Waals surface area contributed by atoms with Gasteiger partial charge in [0, 0.05) is 12.7 Å². The van der Waals surface area contributed by atoms with Crippen molar-refractivity contribution in [3.8, 4) is 11.5 Å². The van der Waals surface area contributed by atoms with Gasteiger partial charge in [-0.15, -0.1) is 0 Å². The molecular weight excluding hydrogens is 337 g/mol. The fraction of sp³-hybridized carbons (Fsp3) is 0.158. The molecule has 1 aromatic carbocycles. The smallest absolute Gasteiger partial charge is 0.339 e. The van der Waals surface area contributed by atoms with E-state index in [1.54, 1.807) is 12.1 Å². The number of halogens is 1. The number of nitrogens with one attached hydrogen (secondary N) is 2. The highest BCUT2D eigenvalue weighted by molar-refractivity contribution is 5.92. The van der Waals surface area contributed by atoms with Crippen LogP contribution in [0.15, 0.2) is 42.7 Å². The number of carbonyl (C=O) groups is 1. The van der Waals surface area contributed by atoms with Crippen LogP contribution in [0.2, 0.25) is 0 Å². The average Bonchev–Trinajstić information content (AvgIpc) is 3.03. The molecule has 0 bridgehead atoms. The van der Waals surface area contributed by atoms with Crippen LogP contribution in [0.3, 0.4) is 0 Å². The lowest BCUT2D eigenvalue weighted by Gasteiger charge is -2.16. The zero-order valence-electron chi connectivity index (χ0n) is 13.8. The number of hydrogen-bond donors (Lipinski definition) is 3. The van der Waals surface area contributed by atoms with Crippen LogP contribution in [0, 0.1) is 5.82 Å². The summed E-state index contributed by atoms with van der Waals surface area (Å²) in [5, 5.41) is 13.0. The van der Waals surface area contributed by atoms with E-state index in [-0.39, 0.29) is 22.4 Å². The van der Waals surface area contributed by atoms with E-state index in [0.717, 1.165) is 30.6 Å². The third-order valence-electron chi connectivity index (χ3n) is 4.33. The average molecular weight is 353 g/mol. The van der Waals surface area contributed by atoms with E-state index in [1.807, 2.05) is 0 Å². The minimum Gasteiger partial charge on any atom is -0.478 e. The van der Waals surface area contributed by atoms with Gasteiger partial charge >= 0.3 is 5.97 Å². The number of nitrogens with zero attached hydrogens (tertiary/aromatic N) is 1. The number of ether oxygens (including phenoxy) is 1. The summed E-state index contributed by atoms with van der Waals surface area (Å²) in [6, 6.07) is 6.51. The molecular formula is C19H16FN3O3. The second kappa shape index (κ2) is 6.61. The van der Waals surface area contributed by atoms with Crippen molar-refractivity contribution in [1.29, 1.82) is 0 Å². The number of rotatable bonds is 4. The van der Waals surface area contributed by atoms with E-state index in [4.69, 9.17) is 4.74 Å². The predicted octanol–water partition coefficient (Wildman–Crippen LogP) is 3.57. The number of H-pyrrole nitrogens is 1. The predicted molar refractivity (Wildman–Crippen MR) is 95.0 cm³/mol. The Hall–Kier alpha value is -3.19. The lowest BCUT2D eigenvalue weighted by molar-refractivity contribution is 0.0694. The molecule has 0 atom stereocenters. The molecule has 1 aliphatic heterocycles. The van der Waals surface area contributed by atoms with Gasteiger partial charge in [-0.05, 0) is 42.3 Å². The maximum Gasteiger partial charge on any atom is 0.339 e. The fourth-order valence-corrected chi connectivity index (χ4v) is 3.00. The lowest BCUT2D eigenvalue weighted by Crippen LogP contribution is -2.20. The number of aromatic amines is 1. The molecule has 0 amide bonds. The van der Waals surface area contributed by atoms with E-state index >= 15 is 0 Å². The Morgan fingerprint density at radius 2 is 2.19 bits per heavy atom. The molecule has 0 spiro atoms. The van der Waals surface area contributed by atoms with Crippen LogP contribution >= 0.6 is 0 Å². The molecule has 0 radical (unpaired) electrons. The second-order valence-electron chi connectivity index (χ2n) is 6.01. The Kier molecular flexibility index (Phi) is 4.14. The van der Waals surface area contributed by atoms with Crippen molar-refractivity contribution in [2.75, 3.05) is 13.1 Å². The molecule has 0 saturated heterocycles. The SMILES string of the molecule is O=C(O)c1ccc(C2=CCNCC2)cc1Oc1cnc2[nH]cc(F)c2c1. The minimum absolute atomic E-state index is 0.0397. The molecule has 1 aliphatic rings. The summed E-state index contributed by atoms with van der Waals surface area (Å²) in [5.41, 5.74) is 2.49. The number of carboxylic acids is 1. The van der Waals surface area contributed by atoms with Gasteiger partial charge in [0.05, 0.1) is 11.6 Å². The highest BCUT2D eigenvalue weighted by atomic mass is 19.1. The topological polar surface area (TPSA) is 87.2 Å². The Bertz CT molecular complexity index is 1030. The maximum atomic E-state index is 13.7. The first-order valence-electron chi connectivity index (χ1n) is 8.20. The van der Waals surface area contributed by atoms with Crippen LogP contribution in [0.1, 0.15) is 22.3 Å². The van der Waals surface area contributed by atoms with E-state index in [2.05, 4.69) is 21.4 Å². The van der Waals surface area contributed by atoms with E-state index in [9.17, 15) is 14.3 Å². The van der Waals surface area contributed by atoms with Crippen molar-refractivity contribution >= 4 is 22.6 Å². The van der Waals surface area contributed by atoms with Crippen molar-refractivity contribution < 1.29 is 19.0 Å². The van der Waals surface area contributed by atoms with Gasteiger partial charge < -0.3 is 20.1 Å². The minimum atomic E-state index is -1.09. The first kappa shape index (κ1) is 16.3. The molecule has 0 unspecified atom stereocenters. The lowest BCUT2D eigenvalue weighted by atomic mass is 9.98. The summed E-state index contributed by atoms with van der Waals surface area (Å²) >= 11 is 0. The zero-order valence-corrected chi connectivity index (χ0v) is 13.8. The molecule has 132 valence electrons. The number of aromatic carboxylic acids is 1. The van der Waals surface area contributed by atoms with Crippen LogP contribution < -0.4 is 10.1 Å². The maximum absolute atomic E-state index is 13.7. The molecule has 2 aromatic heterocycles. The Balaban J connectivity index is 1.73. The van der Waals surface area contributed by atoms with Gasteiger partial charge in [0.1, 0.15) is 28.5 Å². The van der Waals surface area contributed by atoms with Crippen LogP contribution in [0.5, 0.6) is 11.5 Å². The number of carboxylic acid groups (broad SMARTS) is 1. The fourth-order valence-electron chi connectivity index (χ4n) is 3.00. The summed E-state index contributed by atoms with van der Waals surface area (Å²) in [6.45, 7) is 1.65. The van der Waals surface area contributed by atoms with Crippen molar-refractivity contribution in [2.45, 2.75) is 6.42 Å². The normalized spacial score (nSPS) is 14.3. The van der Waals surface area contributed by atoms with Gasteiger partial charge in [-0.1, -0.05) is 12.1 Å². The molecule has 6 nitrogen and oxygen atoms in total. The first-order chi connectivity index (χ1) is 12.6. The van der Waals surface area contributed by atoms with Gasteiger partial charge in [0.25, 0.3) is 0 Å². The van der Waals surface area contributed by atoms with E-state index in [1.165, 1.54) is 24.5 Å². The van der Waals surface area contributed by atoms with Crippen LogP contribution in [0.4, 0.5) is 4.39 Å². The number of fused-ring (bicyclic) bond motifs is 1. The molecule has 0 aliphatic carbocycles.